The van der Waals surface area contributed by atoms with E-state index in [1.165, 1.54) is 6.33 Å². The molecule has 0 unspecified atom stereocenters. The van der Waals surface area contributed by atoms with Gasteiger partial charge in [0.25, 0.3) is 12.3 Å². The molecule has 2 fully saturated rings. The van der Waals surface area contributed by atoms with Crippen molar-refractivity contribution in [3.05, 3.63) is 48.7 Å². The van der Waals surface area contributed by atoms with Crippen molar-refractivity contribution in [3.8, 4) is 28.8 Å². The first kappa shape index (κ1) is 34.1. The fraction of sp³-hybridized carbons (Fsp3) is 0.531. The van der Waals surface area contributed by atoms with Crippen molar-refractivity contribution >= 4 is 11.6 Å². The fourth-order valence-electron chi connectivity index (χ4n) is 6.09. The summed E-state index contributed by atoms with van der Waals surface area (Å²) in [4.78, 5) is 11.6. The van der Waals surface area contributed by atoms with Crippen LogP contribution in [-0.2, 0) is 16.0 Å². The zero-order valence-corrected chi connectivity index (χ0v) is 27.2. The molecule has 4 aromatic rings. The quantitative estimate of drug-likeness (QED) is 0.180. The van der Waals surface area contributed by atoms with Crippen LogP contribution in [0.25, 0.3) is 11.1 Å². The summed E-state index contributed by atoms with van der Waals surface area (Å²) in [6.07, 6.45) is 7.94. The lowest BCUT2D eigenvalue weighted by molar-refractivity contribution is 0.00467. The van der Waals surface area contributed by atoms with Gasteiger partial charge < -0.3 is 24.3 Å². The maximum atomic E-state index is 12.5. The van der Waals surface area contributed by atoms with Crippen molar-refractivity contribution in [2.24, 2.45) is 0 Å². The first-order chi connectivity index (χ1) is 23.9. The Hall–Kier alpha value is -4.79. The maximum absolute atomic E-state index is 12.5. The van der Waals surface area contributed by atoms with E-state index >= 15 is 0 Å². The summed E-state index contributed by atoms with van der Waals surface area (Å²) in [6.45, 7) is 5.19. The number of nitrogens with zero attached hydrogens (tertiary/aromatic N) is 10. The van der Waals surface area contributed by atoms with Crippen LogP contribution in [0.15, 0.2) is 43.1 Å². The lowest BCUT2D eigenvalue weighted by atomic mass is 9.90. The molecule has 1 aliphatic carbocycles. The molecule has 0 amide bonds. The average Bonchev–Trinajstić information content (AvgIpc) is 3.78. The highest BCUT2D eigenvalue weighted by molar-refractivity contribution is 5.67. The smallest absolute Gasteiger partial charge is 0.261 e. The van der Waals surface area contributed by atoms with Gasteiger partial charge in [-0.1, -0.05) is 6.07 Å². The molecule has 17 heteroatoms. The predicted molar refractivity (Wildman–Crippen MR) is 172 cm³/mol. The van der Waals surface area contributed by atoms with E-state index < -0.39 is 13.0 Å². The summed E-state index contributed by atoms with van der Waals surface area (Å²) in [7, 11) is 0. The Labute approximate surface area is 282 Å². The van der Waals surface area contributed by atoms with Gasteiger partial charge in [0.2, 0.25) is 5.95 Å². The number of alkyl halides is 2. The monoisotopic (exact) mass is 679 g/mol. The molecule has 0 spiro atoms. The summed E-state index contributed by atoms with van der Waals surface area (Å²) in [6, 6.07) is 8.18. The van der Waals surface area contributed by atoms with Gasteiger partial charge in [0.1, 0.15) is 43.2 Å². The molecule has 1 N–H and O–H groups in total. The van der Waals surface area contributed by atoms with E-state index in [0.29, 0.717) is 47.0 Å². The van der Waals surface area contributed by atoms with Crippen LogP contribution < -0.4 is 14.8 Å². The Balaban J connectivity index is 1.13. The number of anilines is 2. The van der Waals surface area contributed by atoms with Gasteiger partial charge in [-0.2, -0.15) is 5.26 Å². The molecule has 1 saturated heterocycles. The lowest BCUT2D eigenvalue weighted by Gasteiger charge is -2.38. The third-order valence-corrected chi connectivity index (χ3v) is 8.51. The van der Waals surface area contributed by atoms with Crippen molar-refractivity contribution in [2.45, 2.75) is 63.8 Å². The summed E-state index contributed by atoms with van der Waals surface area (Å²) in [5.41, 5.74) is 2.43. The van der Waals surface area contributed by atoms with Gasteiger partial charge in [0.15, 0.2) is 0 Å². The molecule has 1 aliphatic heterocycles. The molecule has 6 rings (SSSR count). The summed E-state index contributed by atoms with van der Waals surface area (Å²) in [5, 5.41) is 28.7. The molecule has 1 aromatic carbocycles. The number of rotatable bonds is 15. The van der Waals surface area contributed by atoms with Crippen LogP contribution in [0, 0.1) is 11.3 Å². The van der Waals surface area contributed by atoms with Crippen LogP contribution in [0.2, 0.25) is 0 Å². The number of morpholine rings is 1. The zero-order valence-electron chi connectivity index (χ0n) is 27.2. The molecular weight excluding hydrogens is 640 g/mol. The highest BCUT2D eigenvalue weighted by atomic mass is 19.3. The second kappa shape index (κ2) is 16.5. The number of aromatic nitrogens is 8. The van der Waals surface area contributed by atoms with E-state index in [1.807, 2.05) is 23.9 Å². The lowest BCUT2D eigenvalue weighted by Crippen LogP contribution is -2.45. The Morgan fingerprint density at radius 2 is 1.84 bits per heavy atom. The van der Waals surface area contributed by atoms with E-state index in [2.05, 4.69) is 41.8 Å². The van der Waals surface area contributed by atoms with Gasteiger partial charge in [-0.3, -0.25) is 9.58 Å². The molecule has 1 atom stereocenters. The van der Waals surface area contributed by atoms with Crippen LogP contribution >= 0.6 is 0 Å². The molecular formula is C32H39F2N11O4. The number of tetrazole rings is 1. The van der Waals surface area contributed by atoms with E-state index in [0.717, 1.165) is 57.6 Å². The Morgan fingerprint density at radius 1 is 1.06 bits per heavy atom. The van der Waals surface area contributed by atoms with Gasteiger partial charge in [0.05, 0.1) is 44.2 Å². The van der Waals surface area contributed by atoms with Gasteiger partial charge >= 0.3 is 0 Å². The number of benzene rings is 1. The number of nitriles is 1. The average molecular weight is 680 g/mol. The Kier molecular flexibility index (Phi) is 11.5. The number of nitrogens with one attached hydrogen (secondary N) is 1. The largest absolute Gasteiger partial charge is 0.487 e. The van der Waals surface area contributed by atoms with Crippen molar-refractivity contribution in [3.63, 3.8) is 0 Å². The van der Waals surface area contributed by atoms with Crippen molar-refractivity contribution in [2.75, 3.05) is 51.4 Å². The molecule has 0 bridgehead atoms. The predicted octanol–water partition coefficient (Wildman–Crippen LogP) is 3.89. The first-order valence-corrected chi connectivity index (χ1v) is 16.4. The normalized spacial score (nSPS) is 19.0. The molecule has 49 heavy (non-hydrogen) atoms. The minimum absolute atomic E-state index is 0.000771. The SMILES string of the molecule is C[C@@H](Cn1cnnn1)Oc1cc(-c2cnc(Nc3cn(C4CCC(N5CCOCC5)CC4)nc3OCCOCC(F)F)nc2)ccc1C#N. The molecule has 15 nitrogen and oxygen atoms in total. The molecule has 2 aliphatic rings. The van der Waals surface area contributed by atoms with E-state index in [9.17, 15) is 14.0 Å². The highest BCUT2D eigenvalue weighted by Crippen LogP contribution is 2.35. The second-order valence-corrected chi connectivity index (χ2v) is 12.0. The van der Waals surface area contributed by atoms with Crippen LogP contribution in [-0.4, -0.2) is 110 Å². The van der Waals surface area contributed by atoms with Crippen LogP contribution in [0.5, 0.6) is 11.6 Å². The van der Waals surface area contributed by atoms with Gasteiger partial charge in [0, 0.05) is 37.1 Å². The van der Waals surface area contributed by atoms with Crippen LogP contribution in [0.3, 0.4) is 0 Å². The minimum Gasteiger partial charge on any atom is -0.487 e. The van der Waals surface area contributed by atoms with E-state index in [-0.39, 0.29) is 25.4 Å². The maximum Gasteiger partial charge on any atom is 0.261 e. The Bertz CT molecular complexity index is 1650. The van der Waals surface area contributed by atoms with Crippen molar-refractivity contribution in [1.29, 1.82) is 5.26 Å². The molecule has 3 aromatic heterocycles. The molecule has 4 heterocycles. The standard InChI is InChI=1S/C32H39F2N11O4/c1-22(18-44-21-38-41-42-44)49-29-14-23(2-3-24(29)15-35)25-16-36-32(37-17-25)39-28-19-45(40-31(28)48-13-12-47-20-30(33)34)27-6-4-26(5-7-27)43-8-10-46-11-9-43/h2-3,14,16-17,19,21-22,26-27,30H,4-13,18,20H2,1H3,(H,36,37,39)/t22-,26?,27?/m0/s1. The first-order valence-electron chi connectivity index (χ1n) is 16.4. The number of hydrogen-bond donors (Lipinski definition) is 1. The van der Waals surface area contributed by atoms with Gasteiger partial charge in [-0.15, -0.1) is 10.2 Å². The third-order valence-electron chi connectivity index (χ3n) is 8.51. The van der Waals surface area contributed by atoms with Gasteiger partial charge in [-0.25, -0.2) is 23.4 Å². The van der Waals surface area contributed by atoms with Gasteiger partial charge in [-0.05, 0) is 60.7 Å². The number of ether oxygens (including phenoxy) is 4. The highest BCUT2D eigenvalue weighted by Gasteiger charge is 2.29. The summed E-state index contributed by atoms with van der Waals surface area (Å²) >= 11 is 0. The molecule has 260 valence electrons. The topological polar surface area (TPSA) is 163 Å². The molecule has 0 radical (unpaired) electrons. The van der Waals surface area contributed by atoms with Crippen molar-refractivity contribution in [1.82, 2.24) is 44.9 Å². The van der Waals surface area contributed by atoms with E-state index in [4.69, 9.17) is 24.0 Å². The fourth-order valence-corrected chi connectivity index (χ4v) is 6.09. The minimum atomic E-state index is -2.54. The zero-order chi connectivity index (χ0) is 34.0. The van der Waals surface area contributed by atoms with Crippen LogP contribution in [0.4, 0.5) is 20.4 Å². The Morgan fingerprint density at radius 3 is 2.55 bits per heavy atom. The number of hydrogen-bond acceptors (Lipinski definition) is 13. The summed E-state index contributed by atoms with van der Waals surface area (Å²) < 4.78 is 50.9. The third kappa shape index (κ3) is 9.22. The van der Waals surface area contributed by atoms with Crippen molar-refractivity contribution < 1.29 is 27.7 Å². The van der Waals surface area contributed by atoms with Crippen LogP contribution in [0.1, 0.15) is 44.2 Å². The molecule has 1 saturated carbocycles. The summed E-state index contributed by atoms with van der Waals surface area (Å²) in [5.74, 6) is 1.06. The second-order valence-electron chi connectivity index (χ2n) is 12.0. The van der Waals surface area contributed by atoms with E-state index in [1.54, 1.807) is 29.2 Å². The number of halogens is 2.